The first-order valence-electron chi connectivity index (χ1n) is 12.0. The van der Waals surface area contributed by atoms with Gasteiger partial charge >= 0.3 is 0 Å². The Balaban J connectivity index is 1.23. The van der Waals surface area contributed by atoms with Crippen molar-refractivity contribution in [1.82, 2.24) is 9.80 Å². The van der Waals surface area contributed by atoms with Gasteiger partial charge in [-0.25, -0.2) is 0 Å². The summed E-state index contributed by atoms with van der Waals surface area (Å²) in [5.41, 5.74) is 5.07. The molecule has 174 valence electrons. The fraction of sp³-hybridized carbons (Fsp3) is 0.481. The number of rotatable bonds is 4. The van der Waals surface area contributed by atoms with Crippen molar-refractivity contribution in [2.45, 2.75) is 37.1 Å². The molecule has 1 atom stereocenters. The molecule has 1 fully saturated rings. The summed E-state index contributed by atoms with van der Waals surface area (Å²) < 4.78 is 0. The molecule has 0 N–H and O–H groups in total. The predicted octanol–water partition coefficient (Wildman–Crippen LogP) is 2.91. The first-order valence-corrected chi connectivity index (χ1v) is 12.0. The molecule has 3 aliphatic heterocycles. The molecule has 2 aromatic rings. The highest BCUT2D eigenvalue weighted by atomic mass is 16.2. The molecule has 0 radical (unpaired) electrons. The van der Waals surface area contributed by atoms with Gasteiger partial charge in [0.1, 0.15) is 6.04 Å². The monoisotopic (exact) mass is 446 g/mol. The van der Waals surface area contributed by atoms with E-state index in [1.807, 2.05) is 24.3 Å². The van der Waals surface area contributed by atoms with E-state index in [0.717, 1.165) is 50.3 Å². The summed E-state index contributed by atoms with van der Waals surface area (Å²) in [6.45, 7) is 3.84. The Hall–Kier alpha value is -2.86. The van der Waals surface area contributed by atoms with Gasteiger partial charge in [-0.1, -0.05) is 36.4 Å². The Morgan fingerprint density at radius 3 is 2.39 bits per heavy atom. The van der Waals surface area contributed by atoms with Crippen LogP contribution in [0, 0.1) is 0 Å². The topological polar surface area (TPSA) is 47.1 Å². The molecule has 1 saturated heterocycles. The molecule has 3 aliphatic rings. The number of carbonyl (C=O) groups is 2. The molecule has 1 spiro atoms. The lowest BCUT2D eigenvalue weighted by Crippen LogP contribution is -2.49. The van der Waals surface area contributed by atoms with Crippen LogP contribution < -0.4 is 9.80 Å². The van der Waals surface area contributed by atoms with Gasteiger partial charge in [0, 0.05) is 63.9 Å². The summed E-state index contributed by atoms with van der Waals surface area (Å²) in [6.07, 6.45) is 3.28. The Bertz CT molecular complexity index is 1060. The van der Waals surface area contributed by atoms with Gasteiger partial charge in [0.2, 0.25) is 11.8 Å². The maximum atomic E-state index is 13.4. The first kappa shape index (κ1) is 22.0. The fourth-order valence-corrected chi connectivity index (χ4v) is 6.08. The van der Waals surface area contributed by atoms with Crippen molar-refractivity contribution < 1.29 is 9.59 Å². The number of amides is 2. The molecule has 0 aliphatic carbocycles. The second kappa shape index (κ2) is 8.49. The molecule has 0 saturated carbocycles. The molecule has 6 heteroatoms. The minimum absolute atomic E-state index is 0.0107. The quantitative estimate of drug-likeness (QED) is 0.725. The third-order valence-corrected chi connectivity index (χ3v) is 7.85. The van der Waals surface area contributed by atoms with Crippen LogP contribution in [0.3, 0.4) is 0 Å². The van der Waals surface area contributed by atoms with E-state index in [9.17, 15) is 9.59 Å². The van der Waals surface area contributed by atoms with Crippen molar-refractivity contribution in [2.75, 3.05) is 57.1 Å². The van der Waals surface area contributed by atoms with Gasteiger partial charge in [-0.3, -0.25) is 14.5 Å². The highest BCUT2D eigenvalue weighted by Gasteiger charge is 2.44. The smallest absolute Gasteiger partial charge is 0.245 e. The lowest BCUT2D eigenvalue weighted by molar-refractivity contribution is -0.132. The normalized spacial score (nSPS) is 21.2. The zero-order valence-electron chi connectivity index (χ0n) is 20.0. The highest BCUT2D eigenvalue weighted by molar-refractivity contribution is 6.03. The first-order chi connectivity index (χ1) is 15.9. The average molecular weight is 447 g/mol. The molecule has 2 amide bonds. The largest absolute Gasteiger partial charge is 0.373 e. The Labute approximate surface area is 196 Å². The number of hydrogen-bond acceptors (Lipinski definition) is 4. The number of fused-ring (bicyclic) bond motifs is 3. The zero-order chi connectivity index (χ0) is 23.2. The van der Waals surface area contributed by atoms with Crippen LogP contribution in [0.25, 0.3) is 0 Å². The summed E-state index contributed by atoms with van der Waals surface area (Å²) in [5, 5.41) is 0. The van der Waals surface area contributed by atoms with Crippen molar-refractivity contribution >= 4 is 23.2 Å². The Kier molecular flexibility index (Phi) is 5.65. The maximum Gasteiger partial charge on any atom is 0.245 e. The molecule has 0 unspecified atom stereocenters. The van der Waals surface area contributed by atoms with Gasteiger partial charge in [-0.15, -0.1) is 0 Å². The van der Waals surface area contributed by atoms with E-state index in [-0.39, 0.29) is 17.2 Å². The summed E-state index contributed by atoms with van der Waals surface area (Å²) in [7, 11) is 5.71. The molecule has 33 heavy (non-hydrogen) atoms. The SMILES string of the molecule is CN(C)C(=O)[C@@H]1Cc2ccccc2N1C(=O)CCN1CCC2(CC1)CN(C)c1ccccc12. The summed E-state index contributed by atoms with van der Waals surface area (Å²) >= 11 is 0. The van der Waals surface area contributed by atoms with Crippen molar-refractivity contribution in [3.05, 3.63) is 59.7 Å². The van der Waals surface area contributed by atoms with Crippen LogP contribution in [0.15, 0.2) is 48.5 Å². The number of hydrogen-bond donors (Lipinski definition) is 0. The maximum absolute atomic E-state index is 13.4. The van der Waals surface area contributed by atoms with Crippen molar-refractivity contribution in [3.8, 4) is 0 Å². The number of carbonyl (C=O) groups excluding carboxylic acids is 2. The van der Waals surface area contributed by atoms with Gasteiger partial charge in [-0.2, -0.15) is 0 Å². The second-order valence-corrected chi connectivity index (χ2v) is 10.1. The molecule has 3 heterocycles. The standard InChI is InChI=1S/C27H34N4O2/c1-28(2)26(33)24-18-20-8-4-6-10-22(20)31(24)25(32)12-15-30-16-13-27(14-17-30)19-29(3)23-11-7-5-9-21(23)27/h4-11,24H,12-19H2,1-3H3/t24-/m0/s1. The van der Waals surface area contributed by atoms with Crippen LogP contribution in [0.5, 0.6) is 0 Å². The van der Waals surface area contributed by atoms with E-state index in [0.29, 0.717) is 12.8 Å². The van der Waals surface area contributed by atoms with Crippen LogP contribution in [-0.2, 0) is 21.4 Å². The minimum atomic E-state index is -0.431. The lowest BCUT2D eigenvalue weighted by Gasteiger charge is -2.40. The van der Waals surface area contributed by atoms with E-state index >= 15 is 0 Å². The number of para-hydroxylation sites is 2. The van der Waals surface area contributed by atoms with Gasteiger partial charge in [-0.05, 0) is 49.2 Å². The second-order valence-electron chi connectivity index (χ2n) is 10.1. The molecular formula is C27H34N4O2. The number of anilines is 2. The van der Waals surface area contributed by atoms with Crippen LogP contribution in [0.1, 0.15) is 30.4 Å². The number of nitrogens with zero attached hydrogens (tertiary/aromatic N) is 4. The van der Waals surface area contributed by atoms with Gasteiger partial charge < -0.3 is 14.7 Å². The van der Waals surface area contributed by atoms with E-state index in [1.54, 1.807) is 23.9 Å². The van der Waals surface area contributed by atoms with Gasteiger partial charge in [0.05, 0.1) is 0 Å². The van der Waals surface area contributed by atoms with E-state index < -0.39 is 6.04 Å². The average Bonchev–Trinajstić information content (AvgIpc) is 3.34. The number of likely N-dealkylation sites (tertiary alicyclic amines) is 1. The van der Waals surface area contributed by atoms with Crippen LogP contribution in [0.4, 0.5) is 11.4 Å². The third-order valence-electron chi connectivity index (χ3n) is 7.85. The third kappa shape index (κ3) is 3.80. The molecular weight excluding hydrogens is 412 g/mol. The van der Waals surface area contributed by atoms with Crippen LogP contribution in [-0.4, -0.2) is 75.0 Å². The van der Waals surface area contributed by atoms with E-state index in [1.165, 1.54) is 11.3 Å². The van der Waals surface area contributed by atoms with Crippen molar-refractivity contribution in [3.63, 3.8) is 0 Å². The van der Waals surface area contributed by atoms with E-state index in [4.69, 9.17) is 0 Å². The van der Waals surface area contributed by atoms with Gasteiger partial charge in [0.25, 0.3) is 0 Å². The molecule has 5 rings (SSSR count). The number of likely N-dealkylation sites (N-methyl/N-ethyl adjacent to an activating group) is 2. The fourth-order valence-electron chi connectivity index (χ4n) is 6.08. The minimum Gasteiger partial charge on any atom is -0.373 e. The molecule has 6 nitrogen and oxygen atoms in total. The highest BCUT2D eigenvalue weighted by Crippen LogP contribution is 2.46. The predicted molar refractivity (Wildman–Crippen MR) is 132 cm³/mol. The van der Waals surface area contributed by atoms with Crippen LogP contribution >= 0.6 is 0 Å². The van der Waals surface area contributed by atoms with Gasteiger partial charge in [0.15, 0.2) is 0 Å². The van der Waals surface area contributed by atoms with E-state index in [2.05, 4.69) is 41.1 Å². The summed E-state index contributed by atoms with van der Waals surface area (Å²) in [4.78, 5) is 34.4. The van der Waals surface area contributed by atoms with Crippen molar-refractivity contribution in [2.24, 2.45) is 0 Å². The Morgan fingerprint density at radius 1 is 1.00 bits per heavy atom. The summed E-state index contributed by atoms with van der Waals surface area (Å²) in [6, 6.07) is 16.3. The number of benzene rings is 2. The molecule has 0 aromatic heterocycles. The molecule has 0 bridgehead atoms. The number of piperidine rings is 1. The molecule has 2 aromatic carbocycles. The lowest BCUT2D eigenvalue weighted by atomic mass is 9.74. The van der Waals surface area contributed by atoms with Crippen LogP contribution in [0.2, 0.25) is 0 Å². The van der Waals surface area contributed by atoms with Crippen molar-refractivity contribution in [1.29, 1.82) is 0 Å². The summed E-state index contributed by atoms with van der Waals surface area (Å²) in [5.74, 6) is 0.0369. The Morgan fingerprint density at radius 2 is 1.67 bits per heavy atom. The zero-order valence-corrected chi connectivity index (χ0v) is 20.0.